The van der Waals surface area contributed by atoms with E-state index in [9.17, 15) is 9.59 Å². The molecule has 26 heavy (non-hydrogen) atoms. The van der Waals surface area contributed by atoms with Crippen LogP contribution < -0.4 is 15.8 Å². The molecule has 0 radical (unpaired) electrons. The van der Waals surface area contributed by atoms with Gasteiger partial charge in [0.15, 0.2) is 0 Å². The Morgan fingerprint density at radius 2 is 2.19 bits per heavy atom. The number of carbonyl (C=O) groups is 1. The van der Waals surface area contributed by atoms with E-state index in [0.29, 0.717) is 17.9 Å². The highest BCUT2D eigenvalue weighted by atomic mass is 16.5. The summed E-state index contributed by atoms with van der Waals surface area (Å²) in [4.78, 5) is 26.5. The van der Waals surface area contributed by atoms with Gasteiger partial charge in [0.1, 0.15) is 17.1 Å². The molecular weight excluding hydrogens is 334 g/mol. The second-order valence-corrected chi connectivity index (χ2v) is 6.92. The maximum absolute atomic E-state index is 12.3. The molecular formula is C18H25N5O3. The van der Waals surface area contributed by atoms with Gasteiger partial charge in [-0.05, 0) is 46.1 Å². The van der Waals surface area contributed by atoms with Gasteiger partial charge in [-0.25, -0.2) is 4.68 Å². The third kappa shape index (κ3) is 3.79. The number of nitrogens with zero attached hydrogens (tertiary/aromatic N) is 4. The lowest BCUT2D eigenvalue weighted by molar-refractivity contribution is 0.0948. The van der Waals surface area contributed by atoms with Crippen LogP contribution in [0.15, 0.2) is 27.6 Å². The van der Waals surface area contributed by atoms with Crippen LogP contribution in [0.5, 0.6) is 0 Å². The molecule has 0 spiro atoms. The van der Waals surface area contributed by atoms with Gasteiger partial charge >= 0.3 is 0 Å². The molecule has 0 aliphatic carbocycles. The summed E-state index contributed by atoms with van der Waals surface area (Å²) in [6, 6.07) is 3.47. The van der Waals surface area contributed by atoms with Gasteiger partial charge < -0.3 is 14.7 Å². The molecule has 3 heterocycles. The molecule has 8 heteroatoms. The summed E-state index contributed by atoms with van der Waals surface area (Å²) in [5, 5.41) is 11.1. The van der Waals surface area contributed by atoms with Gasteiger partial charge in [-0.2, -0.15) is 5.10 Å². The molecule has 1 aliphatic heterocycles. The van der Waals surface area contributed by atoms with E-state index in [1.165, 1.54) is 10.9 Å². The Morgan fingerprint density at radius 3 is 2.88 bits per heavy atom. The van der Waals surface area contributed by atoms with Crippen LogP contribution in [0.25, 0.3) is 0 Å². The smallest absolute Gasteiger partial charge is 0.267 e. The van der Waals surface area contributed by atoms with Crippen molar-refractivity contribution in [2.75, 3.05) is 18.0 Å². The first-order valence-electron chi connectivity index (χ1n) is 9.03. The topological polar surface area (TPSA) is 93.3 Å². The van der Waals surface area contributed by atoms with E-state index in [1.54, 1.807) is 19.1 Å². The van der Waals surface area contributed by atoms with Gasteiger partial charge in [0.05, 0.1) is 12.2 Å². The van der Waals surface area contributed by atoms with E-state index in [0.717, 1.165) is 31.6 Å². The average Bonchev–Trinajstić information content (AvgIpc) is 3.06. The molecule has 1 amide bonds. The summed E-state index contributed by atoms with van der Waals surface area (Å²) in [7, 11) is 0. The molecule has 140 valence electrons. The van der Waals surface area contributed by atoms with Gasteiger partial charge in [0, 0.05) is 25.2 Å². The van der Waals surface area contributed by atoms with E-state index in [-0.39, 0.29) is 23.6 Å². The number of aromatic nitrogens is 3. The molecule has 1 atom stereocenters. The number of rotatable bonds is 5. The van der Waals surface area contributed by atoms with Crippen LogP contribution in [0.3, 0.4) is 0 Å². The van der Waals surface area contributed by atoms with E-state index in [2.05, 4.69) is 20.5 Å². The Balaban J connectivity index is 1.74. The van der Waals surface area contributed by atoms with E-state index >= 15 is 0 Å². The zero-order valence-electron chi connectivity index (χ0n) is 15.4. The van der Waals surface area contributed by atoms with Crippen molar-refractivity contribution in [3.05, 3.63) is 40.0 Å². The number of aryl methyl sites for hydroxylation is 1. The molecule has 1 N–H and O–H groups in total. The Morgan fingerprint density at radius 1 is 1.38 bits per heavy atom. The van der Waals surface area contributed by atoms with Crippen molar-refractivity contribution in [3.8, 4) is 0 Å². The van der Waals surface area contributed by atoms with Crippen molar-refractivity contribution >= 4 is 11.7 Å². The highest BCUT2D eigenvalue weighted by Gasteiger charge is 2.25. The molecule has 0 aromatic carbocycles. The normalized spacial score (nSPS) is 17.5. The van der Waals surface area contributed by atoms with Gasteiger partial charge in [-0.1, -0.05) is 5.16 Å². The quantitative estimate of drug-likeness (QED) is 0.876. The number of amides is 1. The Kier molecular flexibility index (Phi) is 5.39. The third-order valence-corrected chi connectivity index (χ3v) is 4.72. The fraction of sp³-hybridized carbons (Fsp3) is 0.556. The summed E-state index contributed by atoms with van der Waals surface area (Å²) in [5.41, 5.74) is 0.354. The van der Waals surface area contributed by atoms with Crippen LogP contribution in [-0.2, 0) is 0 Å². The van der Waals surface area contributed by atoms with E-state index < -0.39 is 0 Å². The number of nitrogens with one attached hydrogen (secondary N) is 1. The molecule has 0 saturated carbocycles. The van der Waals surface area contributed by atoms with Gasteiger partial charge in [0.2, 0.25) is 0 Å². The second-order valence-electron chi connectivity index (χ2n) is 6.92. The van der Waals surface area contributed by atoms with Crippen LogP contribution in [0, 0.1) is 6.92 Å². The first-order valence-corrected chi connectivity index (χ1v) is 9.03. The molecule has 1 fully saturated rings. The van der Waals surface area contributed by atoms with Crippen molar-refractivity contribution in [2.24, 2.45) is 0 Å². The first-order chi connectivity index (χ1) is 12.5. The molecule has 3 rings (SSSR count). The molecule has 1 saturated heterocycles. The standard InChI is InChI=1S/C18H25N5O3/c1-12(2)23-17(24)8-7-16(21-23)22-9-5-4-6-14(22)10-19-18(25)15-11-20-26-13(15)3/h7-8,11-12,14H,4-6,9-10H2,1-3H3,(H,19,25). The lowest BCUT2D eigenvalue weighted by Crippen LogP contribution is -2.47. The molecule has 8 nitrogen and oxygen atoms in total. The fourth-order valence-corrected chi connectivity index (χ4v) is 3.28. The first kappa shape index (κ1) is 18.2. The maximum Gasteiger partial charge on any atom is 0.267 e. The molecule has 2 aromatic heterocycles. The zero-order chi connectivity index (χ0) is 18.7. The SMILES string of the molecule is Cc1oncc1C(=O)NCC1CCCCN1c1ccc(=O)n(C(C)C)n1. The van der Waals surface area contributed by atoms with Crippen LogP contribution >= 0.6 is 0 Å². The lowest BCUT2D eigenvalue weighted by atomic mass is 10.0. The highest BCUT2D eigenvalue weighted by molar-refractivity contribution is 5.94. The summed E-state index contributed by atoms with van der Waals surface area (Å²) in [6.07, 6.45) is 4.57. The van der Waals surface area contributed by atoms with E-state index in [1.807, 2.05) is 13.8 Å². The summed E-state index contributed by atoms with van der Waals surface area (Å²) in [6.45, 7) is 6.96. The summed E-state index contributed by atoms with van der Waals surface area (Å²) in [5.74, 6) is 1.10. The number of hydrogen-bond acceptors (Lipinski definition) is 6. The van der Waals surface area contributed by atoms with Crippen LogP contribution in [0.4, 0.5) is 5.82 Å². The van der Waals surface area contributed by atoms with Crippen LogP contribution in [-0.4, -0.2) is 40.0 Å². The number of piperidine rings is 1. The van der Waals surface area contributed by atoms with Gasteiger partial charge in [0.25, 0.3) is 11.5 Å². The predicted molar refractivity (Wildman–Crippen MR) is 97.4 cm³/mol. The van der Waals surface area contributed by atoms with Gasteiger partial charge in [-0.15, -0.1) is 0 Å². The largest absolute Gasteiger partial charge is 0.361 e. The van der Waals surface area contributed by atoms with Crippen molar-refractivity contribution < 1.29 is 9.32 Å². The molecule has 0 bridgehead atoms. The van der Waals surface area contributed by atoms with Crippen molar-refractivity contribution in [1.29, 1.82) is 0 Å². The number of carbonyl (C=O) groups excluding carboxylic acids is 1. The molecule has 1 aliphatic rings. The third-order valence-electron chi connectivity index (χ3n) is 4.72. The predicted octanol–water partition coefficient (Wildman–Crippen LogP) is 1.91. The van der Waals surface area contributed by atoms with Crippen molar-refractivity contribution in [2.45, 2.75) is 52.1 Å². The minimum atomic E-state index is -0.186. The minimum absolute atomic E-state index is 0.00181. The average molecular weight is 359 g/mol. The molecule has 1 unspecified atom stereocenters. The minimum Gasteiger partial charge on any atom is -0.361 e. The van der Waals surface area contributed by atoms with Gasteiger partial charge in [-0.3, -0.25) is 9.59 Å². The Bertz CT molecular complexity index is 826. The maximum atomic E-state index is 12.3. The van der Waals surface area contributed by atoms with Crippen LogP contribution in [0.2, 0.25) is 0 Å². The van der Waals surface area contributed by atoms with Crippen molar-refractivity contribution in [3.63, 3.8) is 0 Å². The highest BCUT2D eigenvalue weighted by Crippen LogP contribution is 2.22. The second kappa shape index (κ2) is 7.72. The zero-order valence-corrected chi connectivity index (χ0v) is 15.4. The Labute approximate surface area is 152 Å². The lowest BCUT2D eigenvalue weighted by Gasteiger charge is -2.36. The number of hydrogen-bond donors (Lipinski definition) is 1. The summed E-state index contributed by atoms with van der Waals surface area (Å²) < 4.78 is 6.45. The van der Waals surface area contributed by atoms with Crippen LogP contribution in [0.1, 0.15) is 55.3 Å². The Hall–Kier alpha value is -2.64. The monoisotopic (exact) mass is 359 g/mol. The van der Waals surface area contributed by atoms with Crippen molar-refractivity contribution in [1.82, 2.24) is 20.3 Å². The number of anilines is 1. The molecule has 2 aromatic rings. The fourth-order valence-electron chi connectivity index (χ4n) is 3.28. The summed E-state index contributed by atoms with van der Waals surface area (Å²) >= 11 is 0. The van der Waals surface area contributed by atoms with E-state index in [4.69, 9.17) is 4.52 Å².